The van der Waals surface area contributed by atoms with Crippen molar-refractivity contribution in [3.63, 3.8) is 0 Å². The van der Waals surface area contributed by atoms with Gasteiger partial charge in [-0.1, -0.05) is 15.9 Å². The number of benzene rings is 2. The quantitative estimate of drug-likeness (QED) is 0.296. The first-order valence-electron chi connectivity index (χ1n) is 9.63. The molecule has 11 heteroatoms. The monoisotopic (exact) mass is 500 g/mol. The van der Waals surface area contributed by atoms with E-state index in [1.54, 1.807) is 30.3 Å². The second-order valence-corrected chi connectivity index (χ2v) is 7.95. The van der Waals surface area contributed by atoms with Gasteiger partial charge in [-0.3, -0.25) is 25.0 Å². The minimum Gasteiger partial charge on any atom is -0.378 e. The minimum atomic E-state index is -0.869. The number of rotatable bonds is 4. The summed E-state index contributed by atoms with van der Waals surface area (Å²) in [5.41, 5.74) is 0.742. The van der Waals surface area contributed by atoms with Crippen molar-refractivity contribution in [1.29, 1.82) is 0 Å². The number of hydrogen-bond donors (Lipinski definition) is 1. The van der Waals surface area contributed by atoms with Crippen LogP contribution in [0.1, 0.15) is 5.56 Å². The van der Waals surface area contributed by atoms with Crippen LogP contribution in [0.15, 0.2) is 52.5 Å². The number of nitro benzene ring substituents is 1. The fourth-order valence-corrected chi connectivity index (χ4v) is 3.77. The average Bonchev–Trinajstić information content (AvgIpc) is 2.78. The Labute approximate surface area is 190 Å². The van der Waals surface area contributed by atoms with Gasteiger partial charge in [-0.25, -0.2) is 9.69 Å². The van der Waals surface area contributed by atoms with Gasteiger partial charge in [-0.2, -0.15) is 0 Å². The molecule has 0 atom stereocenters. The number of nitrogens with zero attached hydrogens (tertiary/aromatic N) is 3. The van der Waals surface area contributed by atoms with E-state index in [1.807, 2.05) is 4.90 Å². The SMILES string of the molecule is O=C1NC(=O)N(c2ccc(Br)cc2)C(=O)/C1=C\c1cc([N+](=O)[O-])ccc1N1CCOCC1. The van der Waals surface area contributed by atoms with Crippen molar-refractivity contribution < 1.29 is 24.0 Å². The fourth-order valence-electron chi connectivity index (χ4n) is 3.50. The molecule has 4 rings (SSSR count). The van der Waals surface area contributed by atoms with Gasteiger partial charge in [0.25, 0.3) is 17.5 Å². The second-order valence-electron chi connectivity index (χ2n) is 7.03. The lowest BCUT2D eigenvalue weighted by Gasteiger charge is -2.30. The maximum Gasteiger partial charge on any atom is 0.335 e. The van der Waals surface area contributed by atoms with E-state index in [2.05, 4.69) is 21.2 Å². The minimum absolute atomic E-state index is 0.182. The maximum atomic E-state index is 13.1. The predicted molar refractivity (Wildman–Crippen MR) is 119 cm³/mol. The lowest BCUT2D eigenvalue weighted by atomic mass is 10.0. The molecule has 0 radical (unpaired) electrons. The zero-order chi connectivity index (χ0) is 22.8. The van der Waals surface area contributed by atoms with Crippen LogP contribution >= 0.6 is 15.9 Å². The number of hydrogen-bond acceptors (Lipinski definition) is 7. The first-order chi connectivity index (χ1) is 15.3. The Morgan fingerprint density at radius 1 is 1.06 bits per heavy atom. The molecule has 10 nitrogen and oxygen atoms in total. The molecule has 0 aliphatic carbocycles. The van der Waals surface area contributed by atoms with Crippen LogP contribution < -0.4 is 15.1 Å². The summed E-state index contributed by atoms with van der Waals surface area (Å²) in [7, 11) is 0. The molecule has 2 saturated heterocycles. The molecule has 1 N–H and O–H groups in total. The summed E-state index contributed by atoms with van der Waals surface area (Å²) < 4.78 is 6.11. The van der Waals surface area contributed by atoms with Gasteiger partial charge in [0, 0.05) is 40.9 Å². The molecule has 2 aromatic carbocycles. The lowest BCUT2D eigenvalue weighted by molar-refractivity contribution is -0.384. The molecule has 2 aromatic rings. The van der Waals surface area contributed by atoms with Crippen molar-refractivity contribution in [2.75, 3.05) is 36.1 Å². The molecule has 0 saturated carbocycles. The van der Waals surface area contributed by atoms with Crippen LogP contribution in [0, 0.1) is 10.1 Å². The lowest BCUT2D eigenvalue weighted by Crippen LogP contribution is -2.54. The third-order valence-corrected chi connectivity index (χ3v) is 5.59. The smallest absolute Gasteiger partial charge is 0.335 e. The number of non-ortho nitro benzene ring substituents is 1. The van der Waals surface area contributed by atoms with Crippen molar-refractivity contribution >= 4 is 56.9 Å². The van der Waals surface area contributed by atoms with Gasteiger partial charge in [-0.05, 0) is 36.4 Å². The molecule has 0 spiro atoms. The van der Waals surface area contributed by atoms with Crippen molar-refractivity contribution in [1.82, 2.24) is 5.32 Å². The molecule has 0 unspecified atom stereocenters. The van der Waals surface area contributed by atoms with E-state index in [4.69, 9.17) is 4.74 Å². The molecule has 2 heterocycles. The molecule has 4 amide bonds. The normalized spacial score (nSPS) is 18.2. The van der Waals surface area contributed by atoms with E-state index in [0.29, 0.717) is 37.6 Å². The van der Waals surface area contributed by atoms with Crippen molar-refractivity contribution in [2.45, 2.75) is 0 Å². The molecule has 2 aliphatic heterocycles. The van der Waals surface area contributed by atoms with Crippen LogP contribution in [0.4, 0.5) is 21.9 Å². The first-order valence-corrected chi connectivity index (χ1v) is 10.4. The van der Waals surface area contributed by atoms with Crippen LogP contribution in [0.5, 0.6) is 0 Å². The van der Waals surface area contributed by atoms with E-state index >= 15 is 0 Å². The number of anilines is 2. The topological polar surface area (TPSA) is 122 Å². The average molecular weight is 501 g/mol. The van der Waals surface area contributed by atoms with Gasteiger partial charge in [-0.15, -0.1) is 0 Å². The van der Waals surface area contributed by atoms with E-state index < -0.39 is 22.8 Å². The summed E-state index contributed by atoms with van der Waals surface area (Å²) in [5, 5.41) is 13.5. The van der Waals surface area contributed by atoms with E-state index in [9.17, 15) is 24.5 Å². The van der Waals surface area contributed by atoms with Crippen LogP contribution in [0.3, 0.4) is 0 Å². The Kier molecular flexibility index (Phi) is 6.01. The van der Waals surface area contributed by atoms with Crippen LogP contribution in [0.25, 0.3) is 6.08 Å². The van der Waals surface area contributed by atoms with Gasteiger partial charge in [0.15, 0.2) is 0 Å². The van der Waals surface area contributed by atoms with Crippen molar-refractivity contribution in [3.05, 3.63) is 68.2 Å². The van der Waals surface area contributed by atoms with Gasteiger partial charge in [0.05, 0.1) is 23.8 Å². The van der Waals surface area contributed by atoms with E-state index in [-0.39, 0.29) is 16.9 Å². The number of amides is 4. The second kappa shape index (κ2) is 8.89. The summed E-state index contributed by atoms with van der Waals surface area (Å²) in [6.07, 6.45) is 1.29. The summed E-state index contributed by atoms with van der Waals surface area (Å²) in [6, 6.07) is 9.82. The number of ether oxygens (including phenoxy) is 1. The number of nitro groups is 1. The van der Waals surface area contributed by atoms with Crippen LogP contribution in [-0.4, -0.2) is 49.1 Å². The van der Waals surface area contributed by atoms with E-state index in [1.165, 1.54) is 18.2 Å². The number of imide groups is 2. The summed E-state index contributed by atoms with van der Waals surface area (Å²) in [6.45, 7) is 2.08. The van der Waals surface area contributed by atoms with Crippen molar-refractivity contribution in [2.24, 2.45) is 0 Å². The van der Waals surface area contributed by atoms with Gasteiger partial charge in [0.1, 0.15) is 5.57 Å². The highest BCUT2D eigenvalue weighted by molar-refractivity contribution is 9.10. The van der Waals surface area contributed by atoms with Gasteiger partial charge < -0.3 is 9.64 Å². The van der Waals surface area contributed by atoms with E-state index in [0.717, 1.165) is 9.37 Å². The zero-order valence-corrected chi connectivity index (χ0v) is 18.2. The Balaban J connectivity index is 1.78. The number of morpholine rings is 1. The third-order valence-electron chi connectivity index (χ3n) is 5.06. The fraction of sp³-hybridized carbons (Fsp3) is 0.190. The molecule has 2 aliphatic rings. The summed E-state index contributed by atoms with van der Waals surface area (Å²) in [4.78, 5) is 51.6. The number of urea groups is 1. The molecule has 32 heavy (non-hydrogen) atoms. The summed E-state index contributed by atoms with van der Waals surface area (Å²) >= 11 is 3.29. The van der Waals surface area contributed by atoms with Crippen molar-refractivity contribution in [3.8, 4) is 0 Å². The maximum absolute atomic E-state index is 13.1. The molecular formula is C21H17BrN4O6. The predicted octanol–water partition coefficient (Wildman–Crippen LogP) is 2.86. The number of carbonyl (C=O) groups excluding carboxylic acids is 3. The Hall–Kier alpha value is -3.57. The van der Waals surface area contributed by atoms with Gasteiger partial charge >= 0.3 is 6.03 Å². The number of halogens is 1. The number of barbiturate groups is 1. The highest BCUT2D eigenvalue weighted by Crippen LogP contribution is 2.30. The first kappa shape index (κ1) is 21.7. The third kappa shape index (κ3) is 4.25. The molecule has 164 valence electrons. The van der Waals surface area contributed by atoms with Crippen LogP contribution in [-0.2, 0) is 14.3 Å². The van der Waals surface area contributed by atoms with Crippen LogP contribution in [0.2, 0.25) is 0 Å². The number of nitrogens with one attached hydrogen (secondary N) is 1. The molecule has 2 fully saturated rings. The Morgan fingerprint density at radius 3 is 2.41 bits per heavy atom. The highest BCUT2D eigenvalue weighted by atomic mass is 79.9. The Bertz CT molecular complexity index is 1140. The standard InChI is InChI=1S/C21H17BrN4O6/c22-14-1-3-15(4-2-14)25-20(28)17(19(27)23-21(25)29)12-13-11-16(26(30)31)5-6-18(13)24-7-9-32-10-8-24/h1-6,11-12H,7-10H2,(H,23,27,29)/b17-12-. The summed E-state index contributed by atoms with van der Waals surface area (Å²) in [5.74, 6) is -1.69. The molecule has 0 aromatic heterocycles. The largest absolute Gasteiger partial charge is 0.378 e. The zero-order valence-electron chi connectivity index (χ0n) is 16.6. The molecular weight excluding hydrogens is 484 g/mol. The molecule has 0 bridgehead atoms. The highest BCUT2D eigenvalue weighted by Gasteiger charge is 2.37. The number of carbonyl (C=O) groups is 3. The van der Waals surface area contributed by atoms with Gasteiger partial charge in [0.2, 0.25) is 0 Å². The Morgan fingerprint density at radius 2 is 1.75 bits per heavy atom.